The molecule has 0 fully saturated rings. The molecule has 1 rings (SSSR count). The lowest BCUT2D eigenvalue weighted by Crippen LogP contribution is -2.36. The lowest BCUT2D eigenvalue weighted by atomic mass is 10.1. The third-order valence-electron chi connectivity index (χ3n) is 2.82. The van der Waals surface area contributed by atoms with Crippen molar-refractivity contribution in [1.82, 2.24) is 5.32 Å². The Hall–Kier alpha value is -2.09. The van der Waals surface area contributed by atoms with Crippen LogP contribution in [0.3, 0.4) is 0 Å². The Morgan fingerprint density at radius 3 is 2.76 bits per heavy atom. The van der Waals surface area contributed by atoms with Crippen LogP contribution in [0.4, 0.5) is 5.69 Å². The lowest BCUT2D eigenvalue weighted by molar-refractivity contribution is -0.385. The second kappa shape index (κ2) is 8.96. The van der Waals surface area contributed by atoms with E-state index in [1.165, 1.54) is 17.8 Å². The van der Waals surface area contributed by atoms with E-state index in [-0.39, 0.29) is 5.69 Å². The summed E-state index contributed by atoms with van der Waals surface area (Å²) in [5.74, 6) is 0.137. The van der Waals surface area contributed by atoms with Crippen LogP contribution in [0.25, 0.3) is 0 Å². The second-order valence-corrected chi connectivity index (χ2v) is 5.44. The topological polar surface area (TPSA) is 110 Å². The summed E-state index contributed by atoms with van der Waals surface area (Å²) >= 11 is 1.50. The first-order chi connectivity index (χ1) is 10.1. The van der Waals surface area contributed by atoms with Crippen LogP contribution < -0.4 is 5.32 Å². The maximum atomic E-state index is 10.8. The van der Waals surface area contributed by atoms with Crippen molar-refractivity contribution in [3.05, 3.63) is 39.9 Å². The van der Waals surface area contributed by atoms with Gasteiger partial charge in [-0.2, -0.15) is 11.8 Å². The number of aryl methyl sites for hydroxylation is 1. The van der Waals surface area contributed by atoms with Gasteiger partial charge in [0.15, 0.2) is 0 Å². The molecule has 0 spiro atoms. The van der Waals surface area contributed by atoms with Crippen LogP contribution in [0.15, 0.2) is 24.3 Å². The molecule has 0 aliphatic carbocycles. The van der Waals surface area contributed by atoms with Crippen LogP contribution in [0.2, 0.25) is 0 Å². The van der Waals surface area contributed by atoms with Crippen molar-refractivity contribution < 1.29 is 19.6 Å². The molecule has 1 aromatic rings. The minimum absolute atomic E-state index is 0.101. The number of carboxylic acids is 1. The van der Waals surface area contributed by atoms with E-state index in [2.05, 4.69) is 5.32 Å². The van der Waals surface area contributed by atoms with Gasteiger partial charge in [0.05, 0.1) is 4.92 Å². The number of amides is 1. The van der Waals surface area contributed by atoms with E-state index in [0.717, 1.165) is 0 Å². The van der Waals surface area contributed by atoms with Crippen molar-refractivity contribution in [3.8, 4) is 0 Å². The van der Waals surface area contributed by atoms with Crippen molar-refractivity contribution in [2.45, 2.75) is 18.9 Å². The number of aliphatic carboxylic acids is 1. The van der Waals surface area contributed by atoms with Crippen molar-refractivity contribution in [2.24, 2.45) is 0 Å². The summed E-state index contributed by atoms with van der Waals surface area (Å²) in [6.45, 7) is 0. The van der Waals surface area contributed by atoms with Crippen LogP contribution in [0.1, 0.15) is 12.0 Å². The molecule has 114 valence electrons. The second-order valence-electron chi connectivity index (χ2n) is 4.21. The Balaban J connectivity index is 2.36. The van der Waals surface area contributed by atoms with Gasteiger partial charge in [-0.1, -0.05) is 18.2 Å². The fourth-order valence-corrected chi connectivity index (χ4v) is 2.72. The SMILES string of the molecule is O=CNC(CCSCCc1ccccc1[N+](=O)[O-])C(=O)O. The molecule has 1 unspecified atom stereocenters. The zero-order valence-corrected chi connectivity index (χ0v) is 12.0. The van der Waals surface area contributed by atoms with Gasteiger partial charge in [0.25, 0.3) is 5.69 Å². The largest absolute Gasteiger partial charge is 0.480 e. The first-order valence-electron chi connectivity index (χ1n) is 6.28. The van der Waals surface area contributed by atoms with Gasteiger partial charge in [-0.3, -0.25) is 14.9 Å². The Morgan fingerprint density at radius 2 is 2.14 bits per heavy atom. The van der Waals surface area contributed by atoms with Crippen molar-refractivity contribution in [1.29, 1.82) is 0 Å². The number of thioether (sulfide) groups is 1. The fourth-order valence-electron chi connectivity index (χ4n) is 1.75. The van der Waals surface area contributed by atoms with E-state index in [1.807, 2.05) is 0 Å². The molecule has 0 aromatic heterocycles. The molecule has 0 saturated heterocycles. The molecule has 0 radical (unpaired) electrons. The van der Waals surface area contributed by atoms with Crippen LogP contribution in [-0.2, 0) is 16.0 Å². The third-order valence-corrected chi connectivity index (χ3v) is 3.84. The summed E-state index contributed by atoms with van der Waals surface area (Å²) in [4.78, 5) is 31.5. The van der Waals surface area contributed by atoms with Gasteiger partial charge in [0.1, 0.15) is 6.04 Å². The minimum atomic E-state index is -1.07. The molecule has 2 N–H and O–H groups in total. The first-order valence-corrected chi connectivity index (χ1v) is 7.44. The standard InChI is InChI=1S/C13H16N2O5S/c16-9-14-11(13(17)18)6-8-21-7-5-10-3-1-2-4-12(10)15(19)20/h1-4,9,11H,5-8H2,(H,14,16)(H,17,18). The molecule has 1 amide bonds. The summed E-state index contributed by atoms with van der Waals surface area (Å²) in [6, 6.07) is 5.67. The molecular formula is C13H16N2O5S. The van der Waals surface area contributed by atoms with Gasteiger partial charge in [-0.05, 0) is 24.3 Å². The van der Waals surface area contributed by atoms with Crippen LogP contribution in [0.5, 0.6) is 0 Å². The van der Waals surface area contributed by atoms with Gasteiger partial charge >= 0.3 is 5.97 Å². The van der Waals surface area contributed by atoms with Gasteiger partial charge < -0.3 is 10.4 Å². The predicted molar refractivity (Wildman–Crippen MR) is 79.4 cm³/mol. The van der Waals surface area contributed by atoms with Crippen molar-refractivity contribution in [2.75, 3.05) is 11.5 Å². The van der Waals surface area contributed by atoms with E-state index >= 15 is 0 Å². The molecule has 1 aromatic carbocycles. The highest BCUT2D eigenvalue weighted by molar-refractivity contribution is 7.99. The number of hydrogen-bond acceptors (Lipinski definition) is 5. The Labute approximate surface area is 125 Å². The highest BCUT2D eigenvalue weighted by Gasteiger charge is 2.16. The van der Waals surface area contributed by atoms with Crippen molar-refractivity contribution in [3.63, 3.8) is 0 Å². The third kappa shape index (κ3) is 5.82. The lowest BCUT2D eigenvalue weighted by Gasteiger charge is -2.10. The van der Waals surface area contributed by atoms with E-state index in [1.54, 1.807) is 18.2 Å². The van der Waals surface area contributed by atoms with E-state index in [4.69, 9.17) is 5.11 Å². The molecule has 1 atom stereocenters. The molecule has 0 saturated carbocycles. The molecular weight excluding hydrogens is 296 g/mol. The average Bonchev–Trinajstić information content (AvgIpc) is 2.45. The summed E-state index contributed by atoms with van der Waals surface area (Å²) in [7, 11) is 0. The number of benzene rings is 1. The summed E-state index contributed by atoms with van der Waals surface area (Å²) in [5.41, 5.74) is 0.764. The van der Waals surface area contributed by atoms with Gasteiger partial charge in [-0.25, -0.2) is 4.79 Å². The predicted octanol–water partition coefficient (Wildman–Crippen LogP) is 1.46. The molecule has 8 heteroatoms. The van der Waals surface area contributed by atoms with Gasteiger partial charge in [0.2, 0.25) is 6.41 Å². The quantitative estimate of drug-likeness (QED) is 0.293. The summed E-state index contributed by atoms with van der Waals surface area (Å²) in [6.07, 6.45) is 1.23. The Kier molecular flexibility index (Phi) is 7.24. The molecule has 0 heterocycles. The van der Waals surface area contributed by atoms with E-state index in [9.17, 15) is 19.7 Å². The number of nitrogens with zero attached hydrogens (tertiary/aromatic N) is 1. The number of carbonyl (C=O) groups excluding carboxylic acids is 1. The van der Waals surface area contributed by atoms with Crippen LogP contribution >= 0.6 is 11.8 Å². The Bertz CT molecular complexity index is 509. The van der Waals surface area contributed by atoms with Crippen molar-refractivity contribution >= 4 is 29.8 Å². The number of nitro groups is 1. The summed E-state index contributed by atoms with van der Waals surface area (Å²) in [5, 5.41) is 21.9. The molecule has 0 bridgehead atoms. The smallest absolute Gasteiger partial charge is 0.326 e. The number of para-hydroxylation sites is 1. The molecule has 21 heavy (non-hydrogen) atoms. The van der Waals surface area contributed by atoms with Gasteiger partial charge in [0, 0.05) is 11.6 Å². The normalized spacial score (nSPS) is 11.6. The minimum Gasteiger partial charge on any atom is -0.480 e. The summed E-state index contributed by atoms with van der Waals surface area (Å²) < 4.78 is 0. The highest BCUT2D eigenvalue weighted by atomic mass is 32.2. The molecule has 0 aliphatic heterocycles. The number of hydrogen-bond donors (Lipinski definition) is 2. The monoisotopic (exact) mass is 312 g/mol. The average molecular weight is 312 g/mol. The molecule has 7 nitrogen and oxygen atoms in total. The number of carbonyl (C=O) groups is 2. The maximum absolute atomic E-state index is 10.8. The zero-order valence-electron chi connectivity index (χ0n) is 11.2. The fraction of sp³-hybridized carbons (Fsp3) is 0.385. The van der Waals surface area contributed by atoms with Gasteiger partial charge in [-0.15, -0.1) is 0 Å². The van der Waals surface area contributed by atoms with Crippen LogP contribution in [-0.4, -0.2) is 40.0 Å². The van der Waals surface area contributed by atoms with E-state index in [0.29, 0.717) is 36.3 Å². The number of rotatable bonds is 10. The number of carboxylic acid groups (broad SMARTS) is 1. The number of nitro benzene ring substituents is 1. The van der Waals surface area contributed by atoms with Crippen LogP contribution in [0, 0.1) is 10.1 Å². The Morgan fingerprint density at radius 1 is 1.43 bits per heavy atom. The zero-order chi connectivity index (χ0) is 15.7. The maximum Gasteiger partial charge on any atom is 0.326 e. The highest BCUT2D eigenvalue weighted by Crippen LogP contribution is 2.19. The molecule has 0 aliphatic rings. The first kappa shape index (κ1) is 17.0. The number of nitrogens with one attached hydrogen (secondary N) is 1. The van der Waals surface area contributed by atoms with E-state index < -0.39 is 16.9 Å².